The van der Waals surface area contributed by atoms with Crippen LogP contribution in [0.2, 0.25) is 0 Å². The molecule has 1 N–H and O–H groups in total. The van der Waals surface area contributed by atoms with Crippen LogP contribution in [0.3, 0.4) is 0 Å². The summed E-state index contributed by atoms with van der Waals surface area (Å²) in [6.07, 6.45) is -2.83. The number of benzene rings is 1. The summed E-state index contributed by atoms with van der Waals surface area (Å²) in [6.45, 7) is 5.06. The van der Waals surface area contributed by atoms with Crippen LogP contribution in [0, 0.1) is 5.82 Å². The highest BCUT2D eigenvalue weighted by Crippen LogP contribution is 2.33. The van der Waals surface area contributed by atoms with Crippen molar-refractivity contribution in [1.29, 1.82) is 0 Å². The van der Waals surface area contributed by atoms with E-state index in [1.54, 1.807) is 20.8 Å². The van der Waals surface area contributed by atoms with Crippen LogP contribution >= 0.6 is 0 Å². The lowest BCUT2D eigenvalue weighted by molar-refractivity contribution is -0.137. The van der Waals surface area contributed by atoms with Gasteiger partial charge in [-0.1, -0.05) is 18.2 Å². The molecule has 3 nitrogen and oxygen atoms in total. The second-order valence-electron chi connectivity index (χ2n) is 5.51. The number of carbonyl (C=O) groups is 1. The van der Waals surface area contributed by atoms with E-state index in [4.69, 9.17) is 4.74 Å². The van der Waals surface area contributed by atoms with Gasteiger partial charge in [0.05, 0.1) is 5.56 Å². The van der Waals surface area contributed by atoms with E-state index in [9.17, 15) is 22.4 Å². The number of ether oxygens (including phenoxy) is 1. The van der Waals surface area contributed by atoms with Crippen LogP contribution in [0.5, 0.6) is 0 Å². The van der Waals surface area contributed by atoms with Crippen LogP contribution in [0.25, 0.3) is 6.08 Å². The molecule has 122 valence electrons. The van der Waals surface area contributed by atoms with Gasteiger partial charge in [-0.2, -0.15) is 13.2 Å². The number of hydrogen-bond acceptors (Lipinski definition) is 2. The lowest BCUT2D eigenvalue weighted by Crippen LogP contribution is -2.32. The van der Waals surface area contributed by atoms with Crippen molar-refractivity contribution >= 4 is 12.2 Å². The molecule has 0 aromatic heterocycles. The summed E-state index contributed by atoms with van der Waals surface area (Å²) >= 11 is 0. The van der Waals surface area contributed by atoms with Crippen molar-refractivity contribution in [2.75, 3.05) is 6.54 Å². The number of hydrogen-bond donors (Lipinski definition) is 1. The fraction of sp³-hybridized carbons (Fsp3) is 0.400. The molecule has 1 amide bonds. The second-order valence-corrected chi connectivity index (χ2v) is 5.51. The van der Waals surface area contributed by atoms with Crippen LogP contribution in [0.15, 0.2) is 24.3 Å². The number of halogens is 4. The fourth-order valence-electron chi connectivity index (χ4n) is 1.56. The molecule has 7 heteroatoms. The van der Waals surface area contributed by atoms with Gasteiger partial charge in [0.15, 0.2) is 0 Å². The van der Waals surface area contributed by atoms with E-state index >= 15 is 0 Å². The van der Waals surface area contributed by atoms with E-state index in [0.717, 1.165) is 12.1 Å². The maximum Gasteiger partial charge on any atom is 0.417 e. The number of rotatable bonds is 3. The molecule has 22 heavy (non-hydrogen) atoms. The summed E-state index contributed by atoms with van der Waals surface area (Å²) < 4.78 is 56.2. The highest BCUT2D eigenvalue weighted by Gasteiger charge is 2.33. The molecule has 0 spiro atoms. The van der Waals surface area contributed by atoms with E-state index in [-0.39, 0.29) is 12.1 Å². The molecule has 0 heterocycles. The molecule has 0 aliphatic carbocycles. The molecule has 0 fully saturated rings. The molecule has 0 saturated heterocycles. The Hall–Kier alpha value is -2.05. The van der Waals surface area contributed by atoms with Gasteiger partial charge in [0.1, 0.15) is 11.4 Å². The molecule has 0 atom stereocenters. The van der Waals surface area contributed by atoms with Crippen LogP contribution in [-0.2, 0) is 10.9 Å². The minimum Gasteiger partial charge on any atom is -0.444 e. The molecule has 1 aromatic carbocycles. The van der Waals surface area contributed by atoms with E-state index in [2.05, 4.69) is 5.32 Å². The molecular formula is C15H17F4NO2. The Balaban J connectivity index is 2.70. The van der Waals surface area contributed by atoms with Crippen molar-refractivity contribution < 1.29 is 27.1 Å². The van der Waals surface area contributed by atoms with E-state index in [0.29, 0.717) is 6.07 Å². The van der Waals surface area contributed by atoms with Gasteiger partial charge < -0.3 is 10.1 Å². The molecule has 1 rings (SSSR count). The van der Waals surface area contributed by atoms with Gasteiger partial charge in [-0.05, 0) is 38.5 Å². The zero-order valence-electron chi connectivity index (χ0n) is 12.4. The summed E-state index contributed by atoms with van der Waals surface area (Å²) in [6, 6.07) is 2.40. The lowest BCUT2D eigenvalue weighted by atomic mass is 10.1. The summed E-state index contributed by atoms with van der Waals surface area (Å²) in [4.78, 5) is 11.3. The summed E-state index contributed by atoms with van der Waals surface area (Å²) in [7, 11) is 0. The van der Waals surface area contributed by atoms with Gasteiger partial charge in [0.25, 0.3) is 0 Å². The van der Waals surface area contributed by atoms with Crippen LogP contribution < -0.4 is 5.32 Å². The molecule has 0 aliphatic rings. The number of nitrogens with one attached hydrogen (secondary N) is 1. The first-order valence-electron chi connectivity index (χ1n) is 6.49. The molecule has 0 saturated carbocycles. The molecule has 0 aliphatic heterocycles. The first kappa shape index (κ1) is 18.0. The van der Waals surface area contributed by atoms with Gasteiger partial charge >= 0.3 is 12.3 Å². The largest absolute Gasteiger partial charge is 0.444 e. The molecule has 1 aromatic rings. The van der Waals surface area contributed by atoms with Gasteiger partial charge in [-0.15, -0.1) is 0 Å². The Bertz CT molecular complexity index is 560. The molecule has 0 bridgehead atoms. The molecular weight excluding hydrogens is 302 g/mol. The Morgan fingerprint density at radius 2 is 1.91 bits per heavy atom. The van der Waals surface area contributed by atoms with Crippen molar-refractivity contribution in [3.05, 3.63) is 41.2 Å². The Kier molecular flexibility index (Phi) is 5.57. The highest BCUT2D eigenvalue weighted by atomic mass is 19.4. The predicted molar refractivity (Wildman–Crippen MR) is 74.7 cm³/mol. The van der Waals surface area contributed by atoms with Crippen molar-refractivity contribution in [2.45, 2.75) is 32.5 Å². The quantitative estimate of drug-likeness (QED) is 0.840. The first-order chi connectivity index (χ1) is 9.99. The SMILES string of the molecule is CC(C)(C)OC(=O)NCC=Cc1ccc(F)cc1C(F)(F)F. The van der Waals surface area contributed by atoms with Crippen molar-refractivity contribution in [3.63, 3.8) is 0 Å². The second kappa shape index (κ2) is 6.81. The smallest absolute Gasteiger partial charge is 0.417 e. The maximum atomic E-state index is 12.9. The highest BCUT2D eigenvalue weighted by molar-refractivity contribution is 5.68. The standard InChI is InChI=1S/C15H17F4NO2/c1-14(2,3)22-13(21)20-8-4-5-10-6-7-11(16)9-12(10)15(17,18)19/h4-7,9H,8H2,1-3H3,(H,20,21). The zero-order valence-corrected chi connectivity index (χ0v) is 12.4. The Labute approximate surface area is 126 Å². The van der Waals surface area contributed by atoms with Gasteiger partial charge in [-0.25, -0.2) is 9.18 Å². The average molecular weight is 319 g/mol. The third-order valence-electron chi connectivity index (χ3n) is 2.38. The van der Waals surface area contributed by atoms with Crippen molar-refractivity contribution in [1.82, 2.24) is 5.32 Å². The summed E-state index contributed by atoms with van der Waals surface area (Å²) in [5.41, 5.74) is -1.91. The number of alkyl carbamates (subject to hydrolysis) is 1. The molecule has 0 unspecified atom stereocenters. The number of alkyl halides is 3. The monoisotopic (exact) mass is 319 g/mol. The van der Waals surface area contributed by atoms with Crippen LogP contribution in [0.4, 0.5) is 22.4 Å². The third-order valence-corrected chi connectivity index (χ3v) is 2.38. The predicted octanol–water partition coefficient (Wildman–Crippen LogP) is 4.38. The van der Waals surface area contributed by atoms with Crippen molar-refractivity contribution in [2.24, 2.45) is 0 Å². The number of amides is 1. The Morgan fingerprint density at radius 3 is 2.45 bits per heavy atom. The normalized spacial score (nSPS) is 12.5. The third kappa shape index (κ3) is 6.15. The molecule has 0 radical (unpaired) electrons. The Morgan fingerprint density at radius 1 is 1.27 bits per heavy atom. The first-order valence-corrected chi connectivity index (χ1v) is 6.49. The van der Waals surface area contributed by atoms with Crippen molar-refractivity contribution in [3.8, 4) is 0 Å². The number of carbonyl (C=O) groups excluding carboxylic acids is 1. The average Bonchev–Trinajstić information content (AvgIpc) is 2.32. The fourth-order valence-corrected chi connectivity index (χ4v) is 1.56. The van der Waals surface area contributed by atoms with Gasteiger partial charge in [0, 0.05) is 6.54 Å². The van der Waals surface area contributed by atoms with Gasteiger partial charge in [0.2, 0.25) is 0 Å². The zero-order chi connectivity index (χ0) is 17.0. The summed E-state index contributed by atoms with van der Waals surface area (Å²) in [5, 5.41) is 2.38. The van der Waals surface area contributed by atoms with E-state index in [1.165, 1.54) is 12.2 Å². The minimum atomic E-state index is -4.65. The topological polar surface area (TPSA) is 38.3 Å². The lowest BCUT2D eigenvalue weighted by Gasteiger charge is -2.19. The van der Waals surface area contributed by atoms with E-state index < -0.39 is 29.3 Å². The van der Waals surface area contributed by atoms with Crippen LogP contribution in [0.1, 0.15) is 31.9 Å². The minimum absolute atomic E-state index is 0.0103. The summed E-state index contributed by atoms with van der Waals surface area (Å²) in [5.74, 6) is -0.962. The van der Waals surface area contributed by atoms with Crippen LogP contribution in [-0.4, -0.2) is 18.2 Å². The van der Waals surface area contributed by atoms with E-state index in [1.807, 2.05) is 0 Å². The maximum absolute atomic E-state index is 12.9. The van der Waals surface area contributed by atoms with Gasteiger partial charge in [-0.3, -0.25) is 0 Å².